The quantitative estimate of drug-likeness (QED) is 0.669. The second kappa shape index (κ2) is 5.37. The first-order valence-electron chi connectivity index (χ1n) is 5.39. The van der Waals surface area contributed by atoms with E-state index in [1.807, 2.05) is 30.3 Å². The third-order valence-electron chi connectivity index (χ3n) is 2.24. The minimum atomic E-state index is -0.566. The minimum Gasteiger partial charge on any atom is -0.418 e. The number of hydrogen-bond acceptors (Lipinski definition) is 4. The van der Waals surface area contributed by atoms with Crippen molar-refractivity contribution in [3.05, 3.63) is 48.4 Å². The van der Waals surface area contributed by atoms with Crippen molar-refractivity contribution in [2.45, 2.75) is 0 Å². The largest absolute Gasteiger partial charge is 0.418 e. The summed E-state index contributed by atoms with van der Waals surface area (Å²) < 4.78 is 18.2. The third kappa shape index (κ3) is 2.36. The zero-order valence-corrected chi connectivity index (χ0v) is 9.80. The van der Waals surface area contributed by atoms with Gasteiger partial charge in [-0.05, 0) is 31.3 Å². The van der Waals surface area contributed by atoms with E-state index in [9.17, 15) is 4.39 Å². The molecule has 0 amide bonds. The van der Waals surface area contributed by atoms with Crippen molar-refractivity contribution in [2.24, 2.45) is 5.73 Å². The number of pyridine rings is 1. The van der Waals surface area contributed by atoms with Crippen LogP contribution in [0.25, 0.3) is 22.7 Å². The predicted molar refractivity (Wildman–Crippen MR) is 67.3 cm³/mol. The van der Waals surface area contributed by atoms with Crippen molar-refractivity contribution < 1.29 is 8.81 Å². The van der Waals surface area contributed by atoms with Crippen LogP contribution < -0.4 is 5.73 Å². The molecule has 18 heavy (non-hydrogen) atoms. The van der Waals surface area contributed by atoms with Crippen LogP contribution in [0.1, 0.15) is 0 Å². The van der Waals surface area contributed by atoms with Gasteiger partial charge in [0, 0.05) is 5.56 Å². The molecule has 2 heterocycles. The molecule has 2 N–H and O–H groups in total. The van der Waals surface area contributed by atoms with E-state index in [1.54, 1.807) is 6.07 Å². The van der Waals surface area contributed by atoms with Crippen LogP contribution in [-0.2, 0) is 0 Å². The fourth-order valence-corrected chi connectivity index (χ4v) is 1.50. The second-order valence-corrected chi connectivity index (χ2v) is 3.34. The van der Waals surface area contributed by atoms with E-state index < -0.39 is 5.95 Å². The third-order valence-corrected chi connectivity index (χ3v) is 2.24. The normalized spacial score (nSPS) is 9.94. The number of halogens is 1. The molecule has 4 nitrogen and oxygen atoms in total. The number of hydrogen-bond donors (Lipinski definition) is 1. The Bertz CT molecular complexity index is 637. The highest BCUT2D eigenvalue weighted by molar-refractivity contribution is 5.72. The zero-order chi connectivity index (χ0) is 13.0. The summed E-state index contributed by atoms with van der Waals surface area (Å²) >= 11 is 0. The Labute approximate surface area is 103 Å². The van der Waals surface area contributed by atoms with E-state index in [2.05, 4.69) is 15.7 Å². The molecule has 0 aliphatic rings. The Kier molecular flexibility index (Phi) is 3.64. The highest BCUT2D eigenvalue weighted by Crippen LogP contribution is 2.22. The molecule has 92 valence electrons. The maximum atomic E-state index is 12.8. The van der Waals surface area contributed by atoms with E-state index in [1.165, 1.54) is 13.1 Å². The maximum absolute atomic E-state index is 12.8. The molecule has 2 aromatic heterocycles. The average Bonchev–Trinajstić information content (AvgIpc) is 2.85. The SMILES string of the molecule is CN.Fc1ccc2nc(-c3ccccc3)oc2n1. The molecule has 0 saturated heterocycles. The molecule has 0 unspecified atom stereocenters. The van der Waals surface area contributed by atoms with Gasteiger partial charge in [0.2, 0.25) is 17.6 Å². The number of benzene rings is 1. The Morgan fingerprint density at radius 2 is 1.72 bits per heavy atom. The van der Waals surface area contributed by atoms with Crippen molar-refractivity contribution in [3.8, 4) is 11.5 Å². The first-order chi connectivity index (χ1) is 8.83. The van der Waals surface area contributed by atoms with Gasteiger partial charge in [-0.15, -0.1) is 0 Å². The second-order valence-electron chi connectivity index (χ2n) is 3.34. The van der Waals surface area contributed by atoms with Crippen molar-refractivity contribution in [1.82, 2.24) is 9.97 Å². The number of aromatic nitrogens is 2. The van der Waals surface area contributed by atoms with Crippen LogP contribution in [0, 0.1) is 5.95 Å². The number of nitrogens with two attached hydrogens (primary N) is 1. The summed E-state index contributed by atoms with van der Waals surface area (Å²) in [4.78, 5) is 7.85. The van der Waals surface area contributed by atoms with Crippen molar-refractivity contribution in [2.75, 3.05) is 7.05 Å². The standard InChI is InChI=1S/C12H7FN2O.CH5N/c13-10-7-6-9-12(15-10)16-11(14-9)8-4-2-1-3-5-8;1-2/h1-7H;2H2,1H3. The van der Waals surface area contributed by atoms with Crippen LogP contribution in [0.3, 0.4) is 0 Å². The molecule has 0 radical (unpaired) electrons. The highest BCUT2D eigenvalue weighted by Gasteiger charge is 2.09. The summed E-state index contributed by atoms with van der Waals surface area (Å²) in [6.07, 6.45) is 0. The smallest absolute Gasteiger partial charge is 0.250 e. The highest BCUT2D eigenvalue weighted by atomic mass is 19.1. The molecule has 0 saturated carbocycles. The molecule has 3 rings (SSSR count). The molecular formula is C13H12FN3O. The van der Waals surface area contributed by atoms with Crippen LogP contribution in [-0.4, -0.2) is 17.0 Å². The maximum Gasteiger partial charge on any atom is 0.250 e. The molecule has 3 aromatic rings. The molecule has 0 atom stereocenters. The Hall–Kier alpha value is -2.27. The summed E-state index contributed by atoms with van der Waals surface area (Å²) in [6, 6.07) is 12.2. The molecule has 1 aromatic carbocycles. The molecular weight excluding hydrogens is 233 g/mol. The molecule has 0 fully saturated rings. The van der Waals surface area contributed by atoms with E-state index in [-0.39, 0.29) is 5.71 Å². The van der Waals surface area contributed by atoms with E-state index in [4.69, 9.17) is 4.42 Å². The van der Waals surface area contributed by atoms with Gasteiger partial charge in [0.15, 0.2) is 0 Å². The predicted octanol–water partition coefficient (Wildman–Crippen LogP) is 2.60. The van der Waals surface area contributed by atoms with Gasteiger partial charge in [-0.25, -0.2) is 4.98 Å². The van der Waals surface area contributed by atoms with E-state index in [0.717, 1.165) is 5.56 Å². The Morgan fingerprint density at radius 3 is 2.44 bits per heavy atom. The van der Waals surface area contributed by atoms with Crippen LogP contribution in [0.4, 0.5) is 4.39 Å². The first-order valence-corrected chi connectivity index (χ1v) is 5.39. The summed E-state index contributed by atoms with van der Waals surface area (Å²) in [5, 5.41) is 0. The number of fused-ring (bicyclic) bond motifs is 1. The van der Waals surface area contributed by atoms with Crippen LogP contribution >= 0.6 is 0 Å². The van der Waals surface area contributed by atoms with Gasteiger partial charge in [0.1, 0.15) is 5.52 Å². The molecule has 0 bridgehead atoms. The lowest BCUT2D eigenvalue weighted by molar-refractivity contribution is 0.559. The van der Waals surface area contributed by atoms with Gasteiger partial charge in [0.05, 0.1) is 0 Å². The fourth-order valence-electron chi connectivity index (χ4n) is 1.50. The summed E-state index contributed by atoms with van der Waals surface area (Å²) in [5.74, 6) is -0.114. The van der Waals surface area contributed by atoms with Crippen molar-refractivity contribution in [3.63, 3.8) is 0 Å². The van der Waals surface area contributed by atoms with Crippen molar-refractivity contribution in [1.29, 1.82) is 0 Å². The number of oxazole rings is 1. The topological polar surface area (TPSA) is 64.9 Å². The van der Waals surface area contributed by atoms with Crippen molar-refractivity contribution >= 4 is 11.2 Å². The van der Waals surface area contributed by atoms with Gasteiger partial charge >= 0.3 is 0 Å². The van der Waals surface area contributed by atoms with Gasteiger partial charge in [-0.2, -0.15) is 9.37 Å². The lowest BCUT2D eigenvalue weighted by Crippen LogP contribution is -1.79. The van der Waals surface area contributed by atoms with Gasteiger partial charge in [-0.1, -0.05) is 18.2 Å². The minimum absolute atomic E-state index is 0.221. The number of nitrogens with zero attached hydrogens (tertiary/aromatic N) is 2. The summed E-state index contributed by atoms with van der Waals surface area (Å²) in [5.41, 5.74) is 6.13. The van der Waals surface area contributed by atoms with E-state index >= 15 is 0 Å². The average molecular weight is 245 g/mol. The van der Waals surface area contributed by atoms with Gasteiger partial charge < -0.3 is 10.2 Å². The van der Waals surface area contributed by atoms with Crippen LogP contribution in [0.5, 0.6) is 0 Å². The lowest BCUT2D eigenvalue weighted by atomic mass is 10.2. The Balaban J connectivity index is 0.000000574. The summed E-state index contributed by atoms with van der Waals surface area (Å²) in [6.45, 7) is 0. The van der Waals surface area contributed by atoms with E-state index in [0.29, 0.717) is 11.4 Å². The summed E-state index contributed by atoms with van der Waals surface area (Å²) in [7, 11) is 1.50. The lowest BCUT2D eigenvalue weighted by Gasteiger charge is -1.91. The molecule has 5 heteroatoms. The zero-order valence-electron chi connectivity index (χ0n) is 9.80. The Morgan fingerprint density at radius 1 is 1.00 bits per heavy atom. The van der Waals surface area contributed by atoms with Gasteiger partial charge in [0.25, 0.3) is 0 Å². The van der Waals surface area contributed by atoms with Crippen LogP contribution in [0.2, 0.25) is 0 Å². The van der Waals surface area contributed by atoms with Crippen LogP contribution in [0.15, 0.2) is 46.9 Å². The number of rotatable bonds is 1. The molecule has 0 aliphatic heterocycles. The monoisotopic (exact) mass is 245 g/mol. The van der Waals surface area contributed by atoms with Gasteiger partial charge in [-0.3, -0.25) is 0 Å². The molecule has 0 aliphatic carbocycles. The molecule has 0 spiro atoms. The first kappa shape index (κ1) is 12.2. The fraction of sp³-hybridized carbons (Fsp3) is 0.0769.